The summed E-state index contributed by atoms with van der Waals surface area (Å²) in [7, 11) is 0. The Morgan fingerprint density at radius 3 is 2.71 bits per heavy atom. The molecule has 0 aliphatic heterocycles. The summed E-state index contributed by atoms with van der Waals surface area (Å²) in [4.78, 5) is 23.8. The first kappa shape index (κ1) is 17.8. The van der Waals surface area contributed by atoms with Crippen molar-refractivity contribution < 1.29 is 14.3 Å². The summed E-state index contributed by atoms with van der Waals surface area (Å²) in [5, 5.41) is 11.5. The van der Waals surface area contributed by atoms with Crippen molar-refractivity contribution in [1.29, 1.82) is 5.26 Å². The largest absolute Gasteiger partial charge is 0.452 e. The van der Waals surface area contributed by atoms with Crippen molar-refractivity contribution in [2.24, 2.45) is 0 Å². The fraction of sp³-hybridized carbons (Fsp3) is 0.0625. The number of nitriles is 1. The zero-order valence-electron chi connectivity index (χ0n) is 12.2. The molecule has 0 saturated heterocycles. The Kier molecular flexibility index (Phi) is 5.79. The number of nitrogens with one attached hydrogen (secondary N) is 1. The van der Waals surface area contributed by atoms with Crippen molar-refractivity contribution >= 4 is 50.8 Å². The van der Waals surface area contributed by atoms with Gasteiger partial charge in [-0.3, -0.25) is 4.79 Å². The van der Waals surface area contributed by atoms with Gasteiger partial charge in [-0.15, -0.1) is 0 Å². The number of nitrogens with two attached hydrogens (primary N) is 1. The van der Waals surface area contributed by atoms with Gasteiger partial charge in [0.15, 0.2) is 6.61 Å². The van der Waals surface area contributed by atoms with Crippen LogP contribution in [0.1, 0.15) is 15.9 Å². The zero-order valence-corrected chi connectivity index (χ0v) is 14.5. The molecule has 0 bridgehead atoms. The molecule has 0 spiro atoms. The third kappa shape index (κ3) is 4.47. The van der Waals surface area contributed by atoms with Crippen LogP contribution in [0.15, 0.2) is 40.9 Å². The smallest absolute Gasteiger partial charge is 0.340 e. The molecule has 2 rings (SSSR count). The van der Waals surface area contributed by atoms with Crippen LogP contribution < -0.4 is 11.1 Å². The quantitative estimate of drug-likeness (QED) is 0.596. The van der Waals surface area contributed by atoms with Crippen LogP contribution in [-0.2, 0) is 9.53 Å². The van der Waals surface area contributed by atoms with E-state index in [4.69, 9.17) is 27.3 Å². The van der Waals surface area contributed by atoms with Crippen molar-refractivity contribution in [3.8, 4) is 6.07 Å². The Bertz CT molecular complexity index is 849. The van der Waals surface area contributed by atoms with Crippen LogP contribution in [0.3, 0.4) is 0 Å². The van der Waals surface area contributed by atoms with Gasteiger partial charge >= 0.3 is 5.97 Å². The molecule has 1 amide bonds. The maximum absolute atomic E-state index is 12.0. The van der Waals surface area contributed by atoms with Crippen LogP contribution in [0.5, 0.6) is 0 Å². The van der Waals surface area contributed by atoms with Gasteiger partial charge in [0, 0.05) is 15.8 Å². The van der Waals surface area contributed by atoms with Gasteiger partial charge in [0.25, 0.3) is 5.91 Å². The van der Waals surface area contributed by atoms with E-state index in [1.165, 1.54) is 24.3 Å². The van der Waals surface area contributed by atoms with Crippen LogP contribution >= 0.6 is 27.5 Å². The van der Waals surface area contributed by atoms with E-state index in [0.717, 1.165) is 0 Å². The summed E-state index contributed by atoms with van der Waals surface area (Å²) in [6.45, 7) is -0.484. The molecule has 0 saturated carbocycles. The number of carbonyl (C=O) groups is 2. The summed E-state index contributed by atoms with van der Waals surface area (Å²) in [6.07, 6.45) is 0. The molecular weight excluding hydrogens is 398 g/mol. The molecular formula is C16H11BrClN3O3. The standard InChI is InChI=1S/C16H11BrClN3O3/c17-10-2-4-14(20)12(5-10)16(23)24-8-15(22)21-11-3-1-9(7-19)13(18)6-11/h1-6H,8,20H2,(H,21,22). The lowest BCUT2D eigenvalue weighted by Crippen LogP contribution is -2.21. The monoisotopic (exact) mass is 407 g/mol. The predicted octanol–water partition coefficient (Wildman–Crippen LogP) is 3.35. The van der Waals surface area contributed by atoms with Crippen LogP contribution in [0.25, 0.3) is 0 Å². The van der Waals surface area contributed by atoms with Crippen LogP contribution in [0.4, 0.5) is 11.4 Å². The number of anilines is 2. The highest BCUT2D eigenvalue weighted by Crippen LogP contribution is 2.21. The molecule has 6 nitrogen and oxygen atoms in total. The van der Waals surface area contributed by atoms with Gasteiger partial charge in [-0.1, -0.05) is 27.5 Å². The Balaban J connectivity index is 1.96. The number of benzene rings is 2. The normalized spacial score (nSPS) is 9.88. The molecule has 122 valence electrons. The minimum atomic E-state index is -0.707. The highest BCUT2D eigenvalue weighted by Gasteiger charge is 2.14. The minimum Gasteiger partial charge on any atom is -0.452 e. The predicted molar refractivity (Wildman–Crippen MR) is 93.6 cm³/mol. The number of amides is 1. The summed E-state index contributed by atoms with van der Waals surface area (Å²) in [5.74, 6) is -1.25. The van der Waals surface area contributed by atoms with E-state index in [1.54, 1.807) is 12.1 Å². The molecule has 8 heteroatoms. The number of hydrogen-bond acceptors (Lipinski definition) is 5. The third-order valence-electron chi connectivity index (χ3n) is 2.94. The van der Waals surface area contributed by atoms with Crippen molar-refractivity contribution in [2.45, 2.75) is 0 Å². The van der Waals surface area contributed by atoms with Crippen LogP contribution in [-0.4, -0.2) is 18.5 Å². The highest BCUT2D eigenvalue weighted by atomic mass is 79.9. The molecule has 2 aromatic carbocycles. The van der Waals surface area contributed by atoms with Crippen molar-refractivity contribution in [3.05, 3.63) is 57.0 Å². The second-order valence-electron chi connectivity index (χ2n) is 4.66. The first-order valence-corrected chi connectivity index (χ1v) is 7.79. The molecule has 0 radical (unpaired) electrons. The summed E-state index contributed by atoms with van der Waals surface area (Å²) < 4.78 is 5.60. The van der Waals surface area contributed by atoms with E-state index in [9.17, 15) is 9.59 Å². The molecule has 0 aliphatic carbocycles. The maximum Gasteiger partial charge on any atom is 0.340 e. The van der Waals surface area contributed by atoms with Gasteiger partial charge in [-0.25, -0.2) is 4.79 Å². The molecule has 0 aromatic heterocycles. The second-order valence-corrected chi connectivity index (χ2v) is 5.99. The number of hydrogen-bond donors (Lipinski definition) is 2. The Hall–Kier alpha value is -2.56. The second kappa shape index (κ2) is 7.81. The number of carbonyl (C=O) groups excluding carboxylic acids is 2. The van der Waals surface area contributed by atoms with Crippen LogP contribution in [0.2, 0.25) is 5.02 Å². The first-order chi connectivity index (χ1) is 11.4. The van der Waals surface area contributed by atoms with Gasteiger partial charge in [-0.05, 0) is 36.4 Å². The van der Waals surface area contributed by atoms with Gasteiger partial charge in [0.05, 0.1) is 16.1 Å². The van der Waals surface area contributed by atoms with Crippen molar-refractivity contribution in [2.75, 3.05) is 17.7 Å². The van der Waals surface area contributed by atoms with Crippen molar-refractivity contribution in [3.63, 3.8) is 0 Å². The SMILES string of the molecule is N#Cc1ccc(NC(=O)COC(=O)c2cc(Br)ccc2N)cc1Cl. The molecule has 0 unspecified atom stereocenters. The van der Waals surface area contributed by atoms with E-state index in [0.29, 0.717) is 15.7 Å². The van der Waals surface area contributed by atoms with E-state index < -0.39 is 18.5 Å². The lowest BCUT2D eigenvalue weighted by molar-refractivity contribution is -0.119. The molecule has 24 heavy (non-hydrogen) atoms. The number of rotatable bonds is 4. The van der Waals surface area contributed by atoms with E-state index in [2.05, 4.69) is 21.2 Å². The summed E-state index contributed by atoms with van der Waals surface area (Å²) >= 11 is 9.10. The number of nitrogen functional groups attached to an aromatic ring is 1. The van der Waals surface area contributed by atoms with E-state index >= 15 is 0 Å². The first-order valence-electron chi connectivity index (χ1n) is 6.62. The maximum atomic E-state index is 12.0. The third-order valence-corrected chi connectivity index (χ3v) is 3.75. The van der Waals surface area contributed by atoms with E-state index in [-0.39, 0.29) is 16.3 Å². The van der Waals surface area contributed by atoms with Gasteiger partial charge in [0.2, 0.25) is 0 Å². The number of halogens is 2. The number of ether oxygens (including phenoxy) is 1. The molecule has 0 atom stereocenters. The zero-order chi connectivity index (χ0) is 17.7. The lowest BCUT2D eigenvalue weighted by Gasteiger charge is -2.09. The van der Waals surface area contributed by atoms with Gasteiger partial charge in [0.1, 0.15) is 6.07 Å². The Morgan fingerprint density at radius 1 is 1.29 bits per heavy atom. The van der Waals surface area contributed by atoms with Crippen LogP contribution in [0, 0.1) is 11.3 Å². The fourth-order valence-corrected chi connectivity index (χ4v) is 2.38. The molecule has 3 N–H and O–H groups in total. The Morgan fingerprint density at radius 2 is 2.04 bits per heavy atom. The van der Waals surface area contributed by atoms with E-state index in [1.807, 2.05) is 6.07 Å². The molecule has 2 aromatic rings. The average molecular weight is 409 g/mol. The lowest BCUT2D eigenvalue weighted by atomic mass is 10.2. The summed E-state index contributed by atoms with van der Waals surface area (Å²) in [6, 6.07) is 11.1. The highest BCUT2D eigenvalue weighted by molar-refractivity contribution is 9.10. The minimum absolute atomic E-state index is 0.165. The fourth-order valence-electron chi connectivity index (χ4n) is 1.79. The molecule has 0 fully saturated rings. The molecule has 0 heterocycles. The molecule has 0 aliphatic rings. The Labute approximate surface area is 151 Å². The number of esters is 1. The average Bonchev–Trinajstić information content (AvgIpc) is 2.55. The van der Waals surface area contributed by atoms with Gasteiger partial charge in [-0.2, -0.15) is 5.26 Å². The summed E-state index contributed by atoms with van der Waals surface area (Å²) in [5.41, 5.74) is 6.81. The topological polar surface area (TPSA) is 105 Å². The van der Waals surface area contributed by atoms with Crippen molar-refractivity contribution in [1.82, 2.24) is 0 Å². The van der Waals surface area contributed by atoms with Gasteiger partial charge < -0.3 is 15.8 Å². The number of nitrogens with zero attached hydrogens (tertiary/aromatic N) is 1.